The maximum atomic E-state index is 13.7. The van der Waals surface area contributed by atoms with E-state index in [-0.39, 0.29) is 23.3 Å². The first-order chi connectivity index (χ1) is 14.6. The average molecular weight is 420 g/mol. The van der Waals surface area contributed by atoms with Crippen LogP contribution >= 0.6 is 11.3 Å². The zero-order chi connectivity index (χ0) is 20.7. The number of carbonyl (C=O) groups excluding carboxylic acids is 1. The molecule has 0 spiro atoms. The second kappa shape index (κ2) is 7.62. The lowest BCUT2D eigenvalue weighted by atomic mass is 10.1. The van der Waals surface area contributed by atoms with E-state index in [1.165, 1.54) is 16.0 Å². The number of para-hydroxylation sites is 1. The van der Waals surface area contributed by atoms with Gasteiger partial charge >= 0.3 is 0 Å². The van der Waals surface area contributed by atoms with E-state index in [1.54, 1.807) is 30.1 Å². The molecule has 7 nitrogen and oxygen atoms in total. The van der Waals surface area contributed by atoms with E-state index in [4.69, 9.17) is 9.72 Å². The number of benzene rings is 2. The molecule has 0 saturated carbocycles. The molecule has 8 heteroatoms. The van der Waals surface area contributed by atoms with Crippen LogP contribution in [0.4, 0.5) is 5.13 Å². The zero-order valence-corrected chi connectivity index (χ0v) is 17.3. The number of rotatable bonds is 4. The maximum absolute atomic E-state index is 13.7. The van der Waals surface area contributed by atoms with Gasteiger partial charge < -0.3 is 4.74 Å². The highest BCUT2D eigenvalue weighted by Crippen LogP contribution is 2.31. The van der Waals surface area contributed by atoms with Crippen LogP contribution in [0.2, 0.25) is 0 Å². The Bertz CT molecular complexity index is 1270. The largest absolute Gasteiger partial charge is 0.376 e. The van der Waals surface area contributed by atoms with Gasteiger partial charge in [0.15, 0.2) is 10.8 Å². The maximum Gasteiger partial charge on any atom is 0.281 e. The van der Waals surface area contributed by atoms with E-state index in [0.717, 1.165) is 23.1 Å². The van der Waals surface area contributed by atoms with Gasteiger partial charge in [0, 0.05) is 19.0 Å². The number of nitrogens with zero attached hydrogens (tertiary/aromatic N) is 4. The summed E-state index contributed by atoms with van der Waals surface area (Å²) in [6.45, 7) is 1.10. The predicted molar refractivity (Wildman–Crippen MR) is 117 cm³/mol. The van der Waals surface area contributed by atoms with Crippen LogP contribution in [0, 0.1) is 0 Å². The van der Waals surface area contributed by atoms with E-state index < -0.39 is 0 Å². The summed E-state index contributed by atoms with van der Waals surface area (Å²) in [6, 6.07) is 14.9. The summed E-state index contributed by atoms with van der Waals surface area (Å²) in [4.78, 5) is 32.6. The summed E-state index contributed by atoms with van der Waals surface area (Å²) in [5.74, 6) is -0.281. The molecule has 1 aliphatic rings. The van der Waals surface area contributed by atoms with Crippen molar-refractivity contribution in [3.63, 3.8) is 0 Å². The molecule has 3 heterocycles. The summed E-state index contributed by atoms with van der Waals surface area (Å²) in [7, 11) is 1.56. The molecule has 4 aromatic rings. The van der Waals surface area contributed by atoms with E-state index in [0.29, 0.717) is 29.1 Å². The van der Waals surface area contributed by atoms with E-state index in [1.807, 2.05) is 30.3 Å². The summed E-state index contributed by atoms with van der Waals surface area (Å²) >= 11 is 1.47. The van der Waals surface area contributed by atoms with Crippen molar-refractivity contribution < 1.29 is 9.53 Å². The van der Waals surface area contributed by atoms with Crippen molar-refractivity contribution in [1.29, 1.82) is 0 Å². The molecule has 1 aliphatic heterocycles. The molecular formula is C22H20N4O3S. The Labute approximate surface area is 176 Å². The molecule has 30 heavy (non-hydrogen) atoms. The molecule has 2 aromatic heterocycles. The molecule has 0 unspecified atom stereocenters. The highest BCUT2D eigenvalue weighted by Gasteiger charge is 2.29. The molecule has 0 N–H and O–H groups in total. The number of ether oxygens (including phenoxy) is 1. The summed E-state index contributed by atoms with van der Waals surface area (Å²) in [5, 5.41) is 5.95. The van der Waals surface area contributed by atoms with Crippen molar-refractivity contribution in [2.75, 3.05) is 18.1 Å². The van der Waals surface area contributed by atoms with E-state index in [2.05, 4.69) is 5.10 Å². The predicted octanol–water partition coefficient (Wildman–Crippen LogP) is 3.37. The lowest BCUT2D eigenvalue weighted by Gasteiger charge is -2.23. The van der Waals surface area contributed by atoms with Gasteiger partial charge in [-0.15, -0.1) is 0 Å². The average Bonchev–Trinajstić information content (AvgIpc) is 3.43. The minimum Gasteiger partial charge on any atom is -0.376 e. The standard InChI is InChI=1S/C22H20N4O3S/c1-25-20(27)16-9-3-2-8-15(16)19(24-25)21(28)26(13-14-7-6-12-29-14)22-23-17-10-4-5-11-18(17)30-22/h2-5,8-11,14H,6-7,12-13H2,1H3/t14-/m0/s1. The number of aryl methyl sites for hydroxylation is 1. The molecule has 2 aromatic carbocycles. The molecule has 152 valence electrons. The van der Waals surface area contributed by atoms with Gasteiger partial charge in [-0.3, -0.25) is 14.5 Å². The van der Waals surface area contributed by atoms with Crippen LogP contribution in [0.5, 0.6) is 0 Å². The zero-order valence-electron chi connectivity index (χ0n) is 16.4. The van der Waals surface area contributed by atoms with Gasteiger partial charge in [-0.2, -0.15) is 5.10 Å². The second-order valence-electron chi connectivity index (χ2n) is 7.34. The summed E-state index contributed by atoms with van der Waals surface area (Å²) < 4.78 is 8.03. The van der Waals surface area contributed by atoms with Crippen LogP contribution in [0.25, 0.3) is 21.0 Å². The minimum absolute atomic E-state index is 0.0419. The fourth-order valence-corrected chi connectivity index (χ4v) is 4.77. The summed E-state index contributed by atoms with van der Waals surface area (Å²) in [6.07, 6.45) is 1.84. The molecule has 1 atom stereocenters. The van der Waals surface area contributed by atoms with Crippen LogP contribution < -0.4 is 10.5 Å². The van der Waals surface area contributed by atoms with Gasteiger partial charge in [0.05, 0.1) is 28.3 Å². The Hall–Kier alpha value is -3.10. The lowest BCUT2D eigenvalue weighted by Crippen LogP contribution is -2.39. The normalized spacial score (nSPS) is 16.4. The number of hydrogen-bond donors (Lipinski definition) is 0. The first-order valence-electron chi connectivity index (χ1n) is 9.87. The van der Waals surface area contributed by atoms with Crippen LogP contribution in [0.15, 0.2) is 53.3 Å². The molecule has 5 rings (SSSR count). The Morgan fingerprint density at radius 3 is 2.73 bits per heavy atom. The third-order valence-corrected chi connectivity index (χ3v) is 6.39. The number of hydrogen-bond acceptors (Lipinski definition) is 6. The molecule has 1 saturated heterocycles. The Kier molecular flexibility index (Phi) is 4.80. The fraction of sp³-hybridized carbons (Fsp3) is 0.273. The van der Waals surface area contributed by atoms with Crippen molar-refractivity contribution >= 4 is 43.4 Å². The van der Waals surface area contributed by atoms with Crippen LogP contribution in [0.1, 0.15) is 23.3 Å². The Morgan fingerprint density at radius 1 is 1.20 bits per heavy atom. The third kappa shape index (κ3) is 3.28. The molecule has 1 fully saturated rings. The summed E-state index contributed by atoms with van der Waals surface area (Å²) in [5.41, 5.74) is 0.860. The SMILES string of the molecule is Cn1nc(C(=O)N(C[C@@H]2CCCO2)c2nc3ccccc3s2)c2ccccc2c1=O. The van der Waals surface area contributed by atoms with Crippen LogP contribution in [-0.2, 0) is 11.8 Å². The third-order valence-electron chi connectivity index (χ3n) is 5.33. The van der Waals surface area contributed by atoms with Gasteiger partial charge in [-0.25, -0.2) is 9.67 Å². The topological polar surface area (TPSA) is 77.3 Å². The number of amides is 1. The Balaban J connectivity index is 1.64. The van der Waals surface area contributed by atoms with Crippen LogP contribution in [-0.4, -0.2) is 39.9 Å². The van der Waals surface area contributed by atoms with Gasteiger partial charge in [0.2, 0.25) is 0 Å². The number of thiazole rings is 1. The number of anilines is 1. The van der Waals surface area contributed by atoms with Crippen molar-refractivity contribution in [1.82, 2.24) is 14.8 Å². The van der Waals surface area contributed by atoms with Crippen molar-refractivity contribution in [3.8, 4) is 0 Å². The minimum atomic E-state index is -0.281. The quantitative estimate of drug-likeness (QED) is 0.506. The van der Waals surface area contributed by atoms with Crippen molar-refractivity contribution in [2.45, 2.75) is 18.9 Å². The number of fused-ring (bicyclic) bond motifs is 2. The highest BCUT2D eigenvalue weighted by atomic mass is 32.1. The fourth-order valence-electron chi connectivity index (χ4n) is 3.80. The van der Waals surface area contributed by atoms with Gasteiger partial charge in [-0.05, 0) is 31.0 Å². The number of aromatic nitrogens is 3. The Morgan fingerprint density at radius 2 is 1.97 bits per heavy atom. The van der Waals surface area contributed by atoms with Crippen molar-refractivity contribution in [3.05, 3.63) is 64.6 Å². The van der Waals surface area contributed by atoms with E-state index in [9.17, 15) is 9.59 Å². The van der Waals surface area contributed by atoms with Crippen molar-refractivity contribution in [2.24, 2.45) is 7.05 Å². The number of carbonyl (C=O) groups is 1. The molecule has 0 bridgehead atoms. The van der Waals surface area contributed by atoms with Crippen LogP contribution in [0.3, 0.4) is 0 Å². The van der Waals surface area contributed by atoms with Gasteiger partial charge in [-0.1, -0.05) is 41.7 Å². The molecular weight excluding hydrogens is 400 g/mol. The lowest BCUT2D eigenvalue weighted by molar-refractivity contribution is 0.0913. The first kappa shape index (κ1) is 18.9. The molecule has 0 radical (unpaired) electrons. The molecule has 1 amide bonds. The van der Waals surface area contributed by atoms with Gasteiger partial charge in [0.1, 0.15) is 0 Å². The highest BCUT2D eigenvalue weighted by molar-refractivity contribution is 7.22. The van der Waals surface area contributed by atoms with E-state index >= 15 is 0 Å². The smallest absolute Gasteiger partial charge is 0.281 e. The molecule has 0 aliphatic carbocycles. The van der Waals surface area contributed by atoms with Gasteiger partial charge in [0.25, 0.3) is 11.5 Å². The second-order valence-corrected chi connectivity index (χ2v) is 8.35. The first-order valence-corrected chi connectivity index (χ1v) is 10.7. The monoisotopic (exact) mass is 420 g/mol.